The third kappa shape index (κ3) is 3.80. The van der Waals surface area contributed by atoms with Crippen molar-refractivity contribution in [3.05, 3.63) is 74.8 Å². The van der Waals surface area contributed by atoms with E-state index >= 15 is 0 Å². The largest absolute Gasteiger partial charge is 0.391 e. The molecule has 2 aromatic carbocycles. The third-order valence-corrected chi connectivity index (χ3v) is 2.87. The molecule has 5 nitrogen and oxygen atoms in total. The average Bonchev–Trinajstić information content (AvgIpc) is 2.45. The molecule has 0 amide bonds. The molecule has 0 radical (unpaired) electrons. The van der Waals surface area contributed by atoms with E-state index in [2.05, 4.69) is 5.16 Å². The number of nitro benzene ring substituents is 1. The molecule has 0 saturated carbocycles. The summed E-state index contributed by atoms with van der Waals surface area (Å²) in [6.07, 6.45) is 1.50. The lowest BCUT2D eigenvalue weighted by molar-refractivity contribution is -0.384. The smallest absolute Gasteiger partial charge is 0.269 e. The zero-order valence-corrected chi connectivity index (χ0v) is 11.2. The SMILES string of the molecule is O=[N+]([O-])c1cccc(CON=Cc2ccccc2Cl)c1. The van der Waals surface area contributed by atoms with E-state index < -0.39 is 4.92 Å². The average molecular weight is 291 g/mol. The van der Waals surface area contributed by atoms with Crippen LogP contribution in [0.3, 0.4) is 0 Å². The minimum absolute atomic E-state index is 0.0289. The van der Waals surface area contributed by atoms with Gasteiger partial charge in [-0.3, -0.25) is 10.1 Å². The highest BCUT2D eigenvalue weighted by Gasteiger charge is 2.05. The molecule has 0 bridgehead atoms. The van der Waals surface area contributed by atoms with E-state index in [9.17, 15) is 10.1 Å². The van der Waals surface area contributed by atoms with Gasteiger partial charge in [-0.1, -0.05) is 47.1 Å². The van der Waals surface area contributed by atoms with E-state index in [0.29, 0.717) is 10.6 Å². The van der Waals surface area contributed by atoms with E-state index in [4.69, 9.17) is 16.4 Å². The zero-order valence-electron chi connectivity index (χ0n) is 10.4. The molecule has 2 aromatic rings. The van der Waals surface area contributed by atoms with E-state index in [1.807, 2.05) is 18.2 Å². The summed E-state index contributed by atoms with van der Waals surface area (Å²) in [5.74, 6) is 0. The highest BCUT2D eigenvalue weighted by Crippen LogP contribution is 2.14. The predicted molar refractivity (Wildman–Crippen MR) is 76.9 cm³/mol. The van der Waals surface area contributed by atoms with E-state index in [1.165, 1.54) is 18.3 Å². The second kappa shape index (κ2) is 6.68. The van der Waals surface area contributed by atoms with E-state index in [-0.39, 0.29) is 12.3 Å². The highest BCUT2D eigenvalue weighted by atomic mass is 35.5. The number of nitro groups is 1. The molecule has 6 heteroatoms. The number of oxime groups is 1. The maximum atomic E-state index is 10.6. The number of nitrogens with zero attached hydrogens (tertiary/aromatic N) is 2. The molecule has 0 N–H and O–H groups in total. The molecule has 0 saturated heterocycles. The summed E-state index contributed by atoms with van der Waals surface area (Å²) in [5.41, 5.74) is 1.45. The van der Waals surface area contributed by atoms with E-state index in [0.717, 1.165) is 5.56 Å². The van der Waals surface area contributed by atoms with Gasteiger partial charge in [0.15, 0.2) is 0 Å². The molecule has 0 heterocycles. The van der Waals surface area contributed by atoms with E-state index in [1.54, 1.807) is 18.2 Å². The van der Waals surface area contributed by atoms with Crippen LogP contribution in [0.2, 0.25) is 5.02 Å². The molecule has 20 heavy (non-hydrogen) atoms. The molecule has 0 spiro atoms. The monoisotopic (exact) mass is 290 g/mol. The molecule has 0 aliphatic heterocycles. The second-order valence-corrected chi connectivity index (χ2v) is 4.36. The summed E-state index contributed by atoms with van der Waals surface area (Å²) in [6.45, 7) is 0.155. The van der Waals surface area contributed by atoms with Crippen molar-refractivity contribution in [2.75, 3.05) is 0 Å². The van der Waals surface area contributed by atoms with Gasteiger partial charge in [-0.05, 0) is 11.6 Å². The highest BCUT2D eigenvalue weighted by molar-refractivity contribution is 6.33. The predicted octanol–water partition coefficient (Wildman–Crippen LogP) is 3.80. The van der Waals surface area contributed by atoms with Crippen LogP contribution < -0.4 is 0 Å². The van der Waals surface area contributed by atoms with Gasteiger partial charge in [0.05, 0.1) is 11.1 Å². The first kappa shape index (κ1) is 14.0. The fourth-order valence-corrected chi connectivity index (χ4v) is 1.73. The second-order valence-electron chi connectivity index (χ2n) is 3.96. The molecular formula is C14H11ClN2O3. The fraction of sp³-hybridized carbons (Fsp3) is 0.0714. The van der Waals surface area contributed by atoms with Crippen molar-refractivity contribution < 1.29 is 9.76 Å². The first-order valence-electron chi connectivity index (χ1n) is 5.80. The van der Waals surface area contributed by atoms with Gasteiger partial charge in [0.1, 0.15) is 6.61 Å². The Morgan fingerprint density at radius 2 is 2.05 bits per heavy atom. The minimum Gasteiger partial charge on any atom is -0.391 e. The lowest BCUT2D eigenvalue weighted by Gasteiger charge is -2.00. The summed E-state index contributed by atoms with van der Waals surface area (Å²) < 4.78 is 0. The number of hydrogen-bond donors (Lipinski definition) is 0. The normalized spacial score (nSPS) is 10.7. The molecule has 102 valence electrons. The van der Waals surface area contributed by atoms with Crippen LogP contribution >= 0.6 is 11.6 Å². The first-order chi connectivity index (χ1) is 9.66. The number of benzene rings is 2. The van der Waals surface area contributed by atoms with Crippen molar-refractivity contribution >= 4 is 23.5 Å². The van der Waals surface area contributed by atoms with Crippen LogP contribution in [-0.4, -0.2) is 11.1 Å². The Labute approximate surface area is 120 Å². The van der Waals surface area contributed by atoms with Crippen molar-refractivity contribution in [3.63, 3.8) is 0 Å². The van der Waals surface area contributed by atoms with Crippen molar-refractivity contribution in [2.45, 2.75) is 6.61 Å². The Bertz CT molecular complexity index is 644. The van der Waals surface area contributed by atoms with Gasteiger partial charge in [-0.2, -0.15) is 0 Å². The van der Waals surface area contributed by atoms with Gasteiger partial charge < -0.3 is 4.84 Å². The Balaban J connectivity index is 1.95. The summed E-state index contributed by atoms with van der Waals surface area (Å²) >= 11 is 5.95. The topological polar surface area (TPSA) is 64.7 Å². The van der Waals surface area contributed by atoms with Crippen molar-refractivity contribution in [2.24, 2.45) is 5.16 Å². The summed E-state index contributed by atoms with van der Waals surface area (Å²) in [4.78, 5) is 15.3. The van der Waals surface area contributed by atoms with Crippen LogP contribution in [0, 0.1) is 10.1 Å². The van der Waals surface area contributed by atoms with Crippen LogP contribution in [0.15, 0.2) is 53.7 Å². The van der Waals surface area contributed by atoms with Gasteiger partial charge in [-0.25, -0.2) is 0 Å². The van der Waals surface area contributed by atoms with Gasteiger partial charge in [0.2, 0.25) is 0 Å². The maximum Gasteiger partial charge on any atom is 0.269 e. The number of halogens is 1. The molecule has 0 fully saturated rings. The molecule has 0 unspecified atom stereocenters. The third-order valence-electron chi connectivity index (χ3n) is 2.52. The zero-order chi connectivity index (χ0) is 14.4. The first-order valence-corrected chi connectivity index (χ1v) is 6.18. The summed E-state index contributed by atoms with van der Waals surface area (Å²) in [5, 5.41) is 15.0. The van der Waals surface area contributed by atoms with Crippen LogP contribution in [-0.2, 0) is 11.4 Å². The van der Waals surface area contributed by atoms with Gasteiger partial charge in [0, 0.05) is 22.7 Å². The van der Waals surface area contributed by atoms with Crippen molar-refractivity contribution in [1.29, 1.82) is 0 Å². The Hall–Kier alpha value is -2.40. The number of rotatable bonds is 5. The number of non-ortho nitro benzene ring substituents is 1. The van der Waals surface area contributed by atoms with Crippen LogP contribution in [0.5, 0.6) is 0 Å². The molecule has 2 rings (SSSR count). The lowest BCUT2D eigenvalue weighted by atomic mass is 10.2. The van der Waals surface area contributed by atoms with Crippen LogP contribution in [0.25, 0.3) is 0 Å². The standard InChI is InChI=1S/C14H11ClN2O3/c15-14-7-2-1-5-12(14)9-16-20-10-11-4-3-6-13(8-11)17(18)19/h1-9H,10H2. The summed E-state index contributed by atoms with van der Waals surface area (Å²) in [6, 6.07) is 13.4. The van der Waals surface area contributed by atoms with Gasteiger partial charge in [0.25, 0.3) is 5.69 Å². The molecule has 0 aliphatic rings. The quantitative estimate of drug-likeness (QED) is 0.478. The lowest BCUT2D eigenvalue weighted by Crippen LogP contribution is -1.92. The summed E-state index contributed by atoms with van der Waals surface area (Å²) in [7, 11) is 0. The Morgan fingerprint density at radius 3 is 2.80 bits per heavy atom. The maximum absolute atomic E-state index is 10.6. The minimum atomic E-state index is -0.448. The van der Waals surface area contributed by atoms with Crippen molar-refractivity contribution in [1.82, 2.24) is 0 Å². The molecular weight excluding hydrogens is 280 g/mol. The van der Waals surface area contributed by atoms with Gasteiger partial charge in [-0.15, -0.1) is 0 Å². The Kier molecular flexibility index (Phi) is 4.68. The fourth-order valence-electron chi connectivity index (χ4n) is 1.55. The number of hydrogen-bond acceptors (Lipinski definition) is 4. The Morgan fingerprint density at radius 1 is 1.25 bits per heavy atom. The molecule has 0 atom stereocenters. The van der Waals surface area contributed by atoms with Crippen LogP contribution in [0.4, 0.5) is 5.69 Å². The molecule has 0 aliphatic carbocycles. The molecule has 0 aromatic heterocycles. The van der Waals surface area contributed by atoms with Crippen LogP contribution in [0.1, 0.15) is 11.1 Å². The van der Waals surface area contributed by atoms with Gasteiger partial charge >= 0.3 is 0 Å². The van der Waals surface area contributed by atoms with Crippen molar-refractivity contribution in [3.8, 4) is 0 Å².